The summed E-state index contributed by atoms with van der Waals surface area (Å²) in [5, 5.41) is 4.43. The number of aryl methyl sites for hydroxylation is 2. The van der Waals surface area contributed by atoms with E-state index in [1.54, 1.807) is 11.3 Å². The minimum Gasteiger partial charge on any atom is -0.326 e. The highest BCUT2D eigenvalue weighted by molar-refractivity contribution is 7.99. The number of hydrogen-bond donors (Lipinski definition) is 1. The van der Waals surface area contributed by atoms with Crippen LogP contribution in [0.4, 0.5) is 5.69 Å². The van der Waals surface area contributed by atoms with Gasteiger partial charge in [-0.05, 0) is 44.4 Å². The number of hydrogen-bond acceptors (Lipinski definition) is 5. The lowest BCUT2D eigenvalue weighted by atomic mass is 10.2. The summed E-state index contributed by atoms with van der Waals surface area (Å²) < 4.78 is 1.91. The maximum Gasteiger partial charge on any atom is 0.263 e. The van der Waals surface area contributed by atoms with Crippen LogP contribution in [-0.4, -0.2) is 21.2 Å². The molecular formula is C22H25N3O2S2. The third-order valence-corrected chi connectivity index (χ3v) is 7.57. The molecule has 2 aromatic heterocycles. The average Bonchev–Trinajstić information content (AvgIpc) is 3.31. The second-order valence-electron chi connectivity index (χ2n) is 7.48. The van der Waals surface area contributed by atoms with Gasteiger partial charge in [0, 0.05) is 28.8 Å². The van der Waals surface area contributed by atoms with Crippen molar-refractivity contribution < 1.29 is 4.79 Å². The number of anilines is 1. The molecule has 1 saturated carbocycles. The highest BCUT2D eigenvalue weighted by atomic mass is 32.2. The molecule has 4 rings (SSSR count). The summed E-state index contributed by atoms with van der Waals surface area (Å²) in [4.78, 5) is 32.4. The molecule has 1 aromatic carbocycles. The first kappa shape index (κ1) is 20.2. The second-order valence-corrected chi connectivity index (χ2v) is 9.75. The molecule has 1 aliphatic rings. The van der Waals surface area contributed by atoms with E-state index >= 15 is 0 Å². The zero-order valence-electron chi connectivity index (χ0n) is 16.7. The molecule has 2 heterocycles. The molecule has 1 fully saturated rings. The number of fused-ring (bicyclic) bond motifs is 1. The quantitative estimate of drug-likeness (QED) is 0.428. The van der Waals surface area contributed by atoms with Crippen molar-refractivity contribution in [1.82, 2.24) is 9.55 Å². The van der Waals surface area contributed by atoms with Crippen molar-refractivity contribution in [2.24, 2.45) is 0 Å². The van der Waals surface area contributed by atoms with Crippen LogP contribution in [0.15, 0.2) is 40.3 Å². The van der Waals surface area contributed by atoms with Crippen molar-refractivity contribution in [1.29, 1.82) is 0 Å². The molecule has 0 saturated heterocycles. The zero-order chi connectivity index (χ0) is 20.4. The van der Waals surface area contributed by atoms with Crippen molar-refractivity contribution in [3.63, 3.8) is 0 Å². The van der Waals surface area contributed by atoms with Crippen LogP contribution >= 0.6 is 23.1 Å². The standard InChI is InChI=1S/C22H25N3O2S2/c1-14-15(2)29-20-19(14)21(27)25(17-10-6-7-11-17)22(24-20)28-13-12-18(26)23-16-8-4-3-5-9-16/h3-5,8-9,17H,6-7,10-13H2,1-2H3,(H,23,26). The second kappa shape index (κ2) is 8.71. The van der Waals surface area contributed by atoms with Crippen LogP contribution in [0.25, 0.3) is 10.2 Å². The maximum absolute atomic E-state index is 13.3. The highest BCUT2D eigenvalue weighted by Gasteiger charge is 2.24. The molecule has 152 valence electrons. The molecule has 3 aromatic rings. The Morgan fingerprint density at radius 2 is 1.97 bits per heavy atom. The number of nitrogens with one attached hydrogen (secondary N) is 1. The van der Waals surface area contributed by atoms with Gasteiger partial charge in [-0.2, -0.15) is 0 Å². The van der Waals surface area contributed by atoms with Gasteiger partial charge in [0.05, 0.1) is 5.39 Å². The highest BCUT2D eigenvalue weighted by Crippen LogP contribution is 2.34. The molecule has 0 radical (unpaired) electrons. The third kappa shape index (κ3) is 4.26. The van der Waals surface area contributed by atoms with Crippen molar-refractivity contribution in [3.05, 3.63) is 51.1 Å². The predicted molar refractivity (Wildman–Crippen MR) is 121 cm³/mol. The van der Waals surface area contributed by atoms with E-state index in [9.17, 15) is 9.59 Å². The topological polar surface area (TPSA) is 64.0 Å². The number of nitrogens with zero attached hydrogens (tertiary/aromatic N) is 2. The van der Waals surface area contributed by atoms with Gasteiger partial charge in [-0.1, -0.05) is 42.8 Å². The minimum atomic E-state index is -0.0256. The van der Waals surface area contributed by atoms with Crippen LogP contribution in [0.1, 0.15) is 48.6 Å². The number of aromatic nitrogens is 2. The molecule has 0 atom stereocenters. The first-order chi connectivity index (χ1) is 14.0. The number of thioether (sulfide) groups is 1. The third-order valence-electron chi connectivity index (χ3n) is 5.51. The van der Waals surface area contributed by atoms with Crippen LogP contribution in [0.2, 0.25) is 0 Å². The fourth-order valence-electron chi connectivity index (χ4n) is 3.85. The van der Waals surface area contributed by atoms with E-state index in [-0.39, 0.29) is 17.5 Å². The fourth-order valence-corrected chi connectivity index (χ4v) is 5.93. The number of carbonyl (C=O) groups excluding carboxylic acids is 1. The molecule has 1 amide bonds. The predicted octanol–water partition coefficient (Wildman–Crippen LogP) is 5.31. The number of amides is 1. The van der Waals surface area contributed by atoms with E-state index in [0.29, 0.717) is 12.2 Å². The van der Waals surface area contributed by atoms with E-state index < -0.39 is 0 Å². The lowest BCUT2D eigenvalue weighted by Crippen LogP contribution is -2.26. The Morgan fingerprint density at radius 3 is 2.69 bits per heavy atom. The van der Waals surface area contributed by atoms with Gasteiger partial charge in [-0.3, -0.25) is 14.2 Å². The molecular weight excluding hydrogens is 402 g/mol. The van der Waals surface area contributed by atoms with E-state index in [4.69, 9.17) is 4.98 Å². The monoisotopic (exact) mass is 427 g/mol. The van der Waals surface area contributed by atoms with Gasteiger partial charge in [0.1, 0.15) is 4.83 Å². The van der Waals surface area contributed by atoms with Gasteiger partial charge in [0.25, 0.3) is 5.56 Å². The summed E-state index contributed by atoms with van der Waals surface area (Å²) in [6.45, 7) is 4.05. The summed E-state index contributed by atoms with van der Waals surface area (Å²) >= 11 is 3.10. The Kier molecular flexibility index (Phi) is 6.06. The molecule has 0 aliphatic heterocycles. The molecule has 0 spiro atoms. The van der Waals surface area contributed by atoms with Crippen LogP contribution in [-0.2, 0) is 4.79 Å². The van der Waals surface area contributed by atoms with Gasteiger partial charge < -0.3 is 5.32 Å². The Bertz CT molecular complexity index is 1080. The summed E-state index contributed by atoms with van der Waals surface area (Å²) in [6.07, 6.45) is 4.73. The van der Waals surface area contributed by atoms with E-state index in [1.165, 1.54) is 11.8 Å². The summed E-state index contributed by atoms with van der Waals surface area (Å²) in [6, 6.07) is 9.69. The van der Waals surface area contributed by atoms with Gasteiger partial charge in [0.2, 0.25) is 5.91 Å². The molecule has 7 heteroatoms. The number of benzene rings is 1. The fraction of sp³-hybridized carbons (Fsp3) is 0.409. The molecule has 0 bridgehead atoms. The van der Waals surface area contributed by atoms with Crippen molar-refractivity contribution >= 4 is 44.9 Å². The maximum atomic E-state index is 13.3. The van der Waals surface area contributed by atoms with Crippen LogP contribution in [0.3, 0.4) is 0 Å². The number of thiophene rings is 1. The van der Waals surface area contributed by atoms with Gasteiger partial charge >= 0.3 is 0 Å². The van der Waals surface area contributed by atoms with Gasteiger partial charge in [0.15, 0.2) is 5.16 Å². The Morgan fingerprint density at radius 1 is 1.24 bits per heavy atom. The van der Waals surface area contributed by atoms with Crippen LogP contribution < -0.4 is 10.9 Å². The lowest BCUT2D eigenvalue weighted by molar-refractivity contribution is -0.115. The van der Waals surface area contributed by atoms with Crippen molar-refractivity contribution in [2.45, 2.75) is 57.1 Å². The summed E-state index contributed by atoms with van der Waals surface area (Å²) in [5.74, 6) is 0.564. The van der Waals surface area contributed by atoms with Crippen molar-refractivity contribution in [2.75, 3.05) is 11.1 Å². The Labute approximate surface area is 178 Å². The summed E-state index contributed by atoms with van der Waals surface area (Å²) in [7, 11) is 0. The van der Waals surface area contributed by atoms with Crippen molar-refractivity contribution in [3.8, 4) is 0 Å². The molecule has 5 nitrogen and oxygen atoms in total. The Hall–Kier alpha value is -2.12. The first-order valence-corrected chi connectivity index (χ1v) is 11.8. The normalized spacial score (nSPS) is 14.6. The van der Waals surface area contributed by atoms with Crippen LogP contribution in [0, 0.1) is 13.8 Å². The number of carbonyl (C=O) groups is 1. The van der Waals surface area contributed by atoms with Gasteiger partial charge in [-0.15, -0.1) is 11.3 Å². The largest absolute Gasteiger partial charge is 0.326 e. The number of para-hydroxylation sites is 1. The molecule has 0 unspecified atom stereocenters. The number of rotatable bonds is 6. The minimum absolute atomic E-state index is 0.0256. The van der Waals surface area contributed by atoms with E-state index in [0.717, 1.165) is 57.2 Å². The Balaban J connectivity index is 1.55. The van der Waals surface area contributed by atoms with E-state index in [1.807, 2.05) is 48.7 Å². The smallest absolute Gasteiger partial charge is 0.263 e. The summed E-state index contributed by atoms with van der Waals surface area (Å²) in [5.41, 5.74) is 1.93. The molecule has 1 aliphatic carbocycles. The zero-order valence-corrected chi connectivity index (χ0v) is 18.4. The average molecular weight is 428 g/mol. The SMILES string of the molecule is Cc1sc2nc(SCCC(=O)Nc3ccccc3)n(C3CCCC3)c(=O)c2c1C. The van der Waals surface area contributed by atoms with Gasteiger partial charge in [-0.25, -0.2) is 4.98 Å². The molecule has 29 heavy (non-hydrogen) atoms. The first-order valence-electron chi connectivity index (χ1n) is 10.0. The van der Waals surface area contributed by atoms with Crippen LogP contribution in [0.5, 0.6) is 0 Å². The van der Waals surface area contributed by atoms with E-state index in [2.05, 4.69) is 5.32 Å². The lowest BCUT2D eigenvalue weighted by Gasteiger charge is -2.18. The molecule has 1 N–H and O–H groups in total.